The number of benzene rings is 1. The van der Waals surface area contributed by atoms with E-state index in [-0.39, 0.29) is 0 Å². The first-order chi connectivity index (χ1) is 9.20. The molecule has 1 aromatic heterocycles. The van der Waals surface area contributed by atoms with Crippen LogP contribution in [0.15, 0.2) is 21.0 Å². The van der Waals surface area contributed by atoms with Crippen molar-refractivity contribution in [3.8, 4) is 5.69 Å². The minimum atomic E-state index is 0.453. The molecule has 0 radical (unpaired) electrons. The number of hydrogen-bond donors (Lipinski definition) is 1. The van der Waals surface area contributed by atoms with Gasteiger partial charge in [0.2, 0.25) is 0 Å². The van der Waals surface area contributed by atoms with Crippen molar-refractivity contribution < 1.29 is 0 Å². The molecule has 0 unspecified atom stereocenters. The van der Waals surface area contributed by atoms with E-state index in [0.29, 0.717) is 40.1 Å². The van der Waals surface area contributed by atoms with E-state index in [0.717, 1.165) is 17.0 Å². The molecule has 1 aliphatic rings. The van der Waals surface area contributed by atoms with Crippen molar-refractivity contribution in [1.82, 2.24) is 15.0 Å². The highest BCUT2D eigenvalue weighted by molar-refractivity contribution is 7.58. The van der Waals surface area contributed by atoms with E-state index >= 15 is 0 Å². The molecule has 3 rings (SSSR count). The molecule has 6 nitrogen and oxygen atoms in total. The van der Waals surface area contributed by atoms with Crippen molar-refractivity contribution in [2.75, 3.05) is 6.54 Å². The zero-order chi connectivity index (χ0) is 13.4. The van der Waals surface area contributed by atoms with Crippen LogP contribution in [0.5, 0.6) is 0 Å². The van der Waals surface area contributed by atoms with Gasteiger partial charge in [-0.1, -0.05) is 28.4 Å². The fraction of sp³-hybridized carbons (Fsp3) is 0.200. The summed E-state index contributed by atoms with van der Waals surface area (Å²) in [6.07, 6.45) is 2.43. The lowest BCUT2D eigenvalue weighted by atomic mass is 10.2. The average molecular weight is 315 g/mol. The topological polar surface area (TPSA) is 81.5 Å². The van der Waals surface area contributed by atoms with Crippen LogP contribution in [0, 0.1) is 0 Å². The summed E-state index contributed by atoms with van der Waals surface area (Å²) >= 11 is 13.4. The van der Waals surface area contributed by atoms with Crippen LogP contribution < -0.4 is 5.73 Å². The molecule has 2 heterocycles. The smallest absolute Gasteiger partial charge is 0.133 e. The maximum atomic E-state index is 6.23. The molecule has 0 spiro atoms. The number of aromatic nitrogens is 3. The average Bonchev–Trinajstić information content (AvgIpc) is 2.99. The number of hydrogen-bond acceptors (Lipinski definition) is 5. The third-order valence-electron chi connectivity index (χ3n) is 2.59. The number of nitrogens with zero attached hydrogens (tertiary/aromatic N) is 5. The van der Waals surface area contributed by atoms with E-state index in [1.165, 1.54) is 0 Å². The van der Waals surface area contributed by atoms with Gasteiger partial charge < -0.3 is 5.73 Å². The van der Waals surface area contributed by atoms with E-state index in [4.69, 9.17) is 28.9 Å². The Bertz CT molecular complexity index is 719. The molecule has 2 aromatic rings. The van der Waals surface area contributed by atoms with Crippen molar-refractivity contribution >= 4 is 45.9 Å². The summed E-state index contributed by atoms with van der Waals surface area (Å²) in [5, 5.41) is 9.00. The molecule has 2 N–H and O–H groups in total. The summed E-state index contributed by atoms with van der Waals surface area (Å²) in [5.41, 5.74) is 8.15. The van der Waals surface area contributed by atoms with Crippen LogP contribution in [0.1, 0.15) is 5.69 Å². The lowest BCUT2D eigenvalue weighted by molar-refractivity contribution is 0.796. The Hall–Kier alpha value is -1.28. The Morgan fingerprint density at radius 3 is 2.79 bits per heavy atom. The number of nitrogens with two attached hydrogens (primary N) is 1. The maximum absolute atomic E-state index is 6.23. The zero-order valence-electron chi connectivity index (χ0n) is 9.55. The summed E-state index contributed by atoms with van der Waals surface area (Å²) in [4.78, 5) is 0. The second-order valence-corrected chi connectivity index (χ2v) is 5.19. The van der Waals surface area contributed by atoms with Crippen LogP contribution in [-0.4, -0.2) is 21.5 Å². The standard InChI is InChI=1S/C10H8Cl2N6S/c11-6-3-7(12)10(9-8(6)15-19-16-9)18-4-5(1-2-13)14-17-18/h3-4H,1-2,13H2. The quantitative estimate of drug-likeness (QED) is 0.807. The summed E-state index contributed by atoms with van der Waals surface area (Å²) < 4.78 is 9.94. The van der Waals surface area contributed by atoms with Gasteiger partial charge in [0, 0.05) is 6.42 Å². The molecule has 1 aromatic carbocycles. The van der Waals surface area contributed by atoms with Gasteiger partial charge in [0.05, 0.1) is 33.3 Å². The van der Waals surface area contributed by atoms with Crippen molar-refractivity contribution in [3.63, 3.8) is 0 Å². The van der Waals surface area contributed by atoms with Crippen molar-refractivity contribution in [3.05, 3.63) is 28.0 Å². The SMILES string of the molecule is NCCc1cn(-c2c(Cl)cc(Cl)c3c2N=S=N3)nn1. The Balaban J connectivity index is 2.15. The van der Waals surface area contributed by atoms with E-state index in [2.05, 4.69) is 19.0 Å². The summed E-state index contributed by atoms with van der Waals surface area (Å²) in [6, 6.07) is 1.63. The van der Waals surface area contributed by atoms with Gasteiger partial charge in [-0.15, -0.1) is 5.10 Å². The molecule has 19 heavy (non-hydrogen) atoms. The third kappa shape index (κ3) is 2.18. The van der Waals surface area contributed by atoms with Crippen LogP contribution in [0.4, 0.5) is 11.4 Å². The zero-order valence-corrected chi connectivity index (χ0v) is 11.9. The molecule has 98 valence electrons. The second-order valence-electron chi connectivity index (χ2n) is 3.84. The normalized spacial score (nSPS) is 12.6. The largest absolute Gasteiger partial charge is 0.330 e. The van der Waals surface area contributed by atoms with Gasteiger partial charge in [0.15, 0.2) is 0 Å². The predicted molar refractivity (Wildman–Crippen MR) is 75.7 cm³/mol. The monoisotopic (exact) mass is 314 g/mol. The lowest BCUT2D eigenvalue weighted by Gasteiger charge is -2.08. The van der Waals surface area contributed by atoms with E-state index < -0.39 is 0 Å². The fourth-order valence-corrected chi connectivity index (χ4v) is 2.94. The Morgan fingerprint density at radius 2 is 2.00 bits per heavy atom. The highest BCUT2D eigenvalue weighted by atomic mass is 35.5. The third-order valence-corrected chi connectivity index (χ3v) is 3.69. The Kier molecular flexibility index (Phi) is 3.36. The van der Waals surface area contributed by atoms with Crippen molar-refractivity contribution in [2.24, 2.45) is 14.5 Å². The van der Waals surface area contributed by atoms with E-state index in [1.807, 2.05) is 0 Å². The van der Waals surface area contributed by atoms with Crippen molar-refractivity contribution in [2.45, 2.75) is 6.42 Å². The molecule has 9 heteroatoms. The molecular weight excluding hydrogens is 307 g/mol. The number of rotatable bonds is 3. The van der Waals surface area contributed by atoms with Gasteiger partial charge in [-0.05, 0) is 12.6 Å². The maximum Gasteiger partial charge on any atom is 0.133 e. The number of fused-ring (bicyclic) bond motifs is 1. The van der Waals surface area contributed by atoms with Gasteiger partial charge >= 0.3 is 0 Å². The first-order valence-electron chi connectivity index (χ1n) is 5.42. The minimum absolute atomic E-state index is 0.453. The van der Waals surface area contributed by atoms with E-state index in [9.17, 15) is 0 Å². The number of halogens is 2. The van der Waals surface area contributed by atoms with Crippen LogP contribution in [0.2, 0.25) is 10.0 Å². The van der Waals surface area contributed by atoms with Crippen LogP contribution >= 0.6 is 23.2 Å². The highest BCUT2D eigenvalue weighted by Gasteiger charge is 2.21. The molecule has 0 amide bonds. The Morgan fingerprint density at radius 1 is 1.21 bits per heavy atom. The fourth-order valence-electron chi connectivity index (χ4n) is 1.75. The lowest BCUT2D eigenvalue weighted by Crippen LogP contribution is -2.02. The van der Waals surface area contributed by atoms with Gasteiger partial charge in [-0.25, -0.2) is 4.68 Å². The van der Waals surface area contributed by atoms with Crippen LogP contribution in [-0.2, 0) is 17.8 Å². The van der Waals surface area contributed by atoms with Gasteiger partial charge in [-0.3, -0.25) is 0 Å². The molecule has 0 atom stereocenters. The van der Waals surface area contributed by atoms with Gasteiger partial charge in [-0.2, -0.15) is 8.73 Å². The highest BCUT2D eigenvalue weighted by Crippen LogP contribution is 2.45. The molecule has 0 bridgehead atoms. The van der Waals surface area contributed by atoms with Crippen molar-refractivity contribution in [1.29, 1.82) is 0 Å². The summed E-state index contributed by atoms with van der Waals surface area (Å²) in [5.74, 6) is 0. The molecular formula is C10H8Cl2N6S. The van der Waals surface area contributed by atoms with E-state index in [1.54, 1.807) is 16.9 Å². The van der Waals surface area contributed by atoms with Gasteiger partial charge in [0.1, 0.15) is 17.1 Å². The first-order valence-corrected chi connectivity index (χ1v) is 6.91. The molecule has 0 aliphatic carbocycles. The second kappa shape index (κ2) is 5.01. The molecule has 0 saturated carbocycles. The molecule has 1 aliphatic heterocycles. The summed E-state index contributed by atoms with van der Waals surface area (Å²) in [7, 11) is 0. The first kappa shape index (κ1) is 12.7. The van der Waals surface area contributed by atoms with Crippen LogP contribution in [0.25, 0.3) is 5.69 Å². The molecule has 0 fully saturated rings. The minimum Gasteiger partial charge on any atom is -0.330 e. The van der Waals surface area contributed by atoms with Crippen LogP contribution in [0.3, 0.4) is 0 Å². The van der Waals surface area contributed by atoms with Gasteiger partial charge in [0.25, 0.3) is 0 Å². The predicted octanol–water partition coefficient (Wildman–Crippen LogP) is 2.80. The molecule has 0 saturated heterocycles. The Labute approximate surface area is 122 Å². The summed E-state index contributed by atoms with van der Waals surface area (Å²) in [6.45, 7) is 0.515.